The van der Waals surface area contributed by atoms with Crippen LogP contribution < -0.4 is 15.8 Å². The molecule has 19 heavy (non-hydrogen) atoms. The Morgan fingerprint density at radius 2 is 2.16 bits per heavy atom. The van der Waals surface area contributed by atoms with Crippen molar-refractivity contribution in [1.29, 1.82) is 0 Å². The number of anilines is 1. The average Bonchev–Trinajstić information content (AvgIpc) is 3.11. The fraction of sp³-hybridized carbons (Fsp3) is 0.714. The molecule has 1 aliphatic carbocycles. The van der Waals surface area contributed by atoms with Crippen molar-refractivity contribution in [3.63, 3.8) is 0 Å². The molecule has 0 aliphatic heterocycles. The minimum absolute atomic E-state index is 0.0241. The van der Waals surface area contributed by atoms with E-state index in [4.69, 9.17) is 0 Å². The van der Waals surface area contributed by atoms with Crippen molar-refractivity contribution in [1.82, 2.24) is 14.9 Å². The molecule has 1 saturated carbocycles. The molecule has 0 atom stereocenters. The van der Waals surface area contributed by atoms with Crippen molar-refractivity contribution >= 4 is 5.82 Å². The topological polar surface area (TPSA) is 50.2 Å². The van der Waals surface area contributed by atoms with Crippen LogP contribution in [0.4, 0.5) is 5.82 Å². The van der Waals surface area contributed by atoms with Gasteiger partial charge in [0.1, 0.15) is 0 Å². The van der Waals surface area contributed by atoms with Gasteiger partial charge < -0.3 is 14.8 Å². The molecule has 1 N–H and O–H groups in total. The van der Waals surface area contributed by atoms with Crippen LogP contribution in [0.3, 0.4) is 0 Å². The fourth-order valence-corrected chi connectivity index (χ4v) is 2.02. The monoisotopic (exact) mass is 264 g/mol. The molecule has 5 nitrogen and oxygen atoms in total. The third-order valence-corrected chi connectivity index (χ3v) is 3.36. The minimum atomic E-state index is -0.220. The zero-order valence-electron chi connectivity index (χ0n) is 12.3. The molecule has 2 rings (SSSR count). The van der Waals surface area contributed by atoms with Gasteiger partial charge in [-0.2, -0.15) is 0 Å². The van der Waals surface area contributed by atoms with Gasteiger partial charge in [-0.25, -0.2) is 4.98 Å². The predicted molar refractivity (Wildman–Crippen MR) is 77.8 cm³/mol. The van der Waals surface area contributed by atoms with Crippen LogP contribution in [0.2, 0.25) is 0 Å². The molecule has 1 heterocycles. The highest BCUT2D eigenvalue weighted by molar-refractivity contribution is 5.34. The molecule has 1 aromatic rings. The lowest BCUT2D eigenvalue weighted by Crippen LogP contribution is -2.39. The van der Waals surface area contributed by atoms with Gasteiger partial charge in [-0.1, -0.05) is 0 Å². The Balaban J connectivity index is 2.08. The Morgan fingerprint density at radius 3 is 2.74 bits per heavy atom. The summed E-state index contributed by atoms with van der Waals surface area (Å²) in [5.41, 5.74) is -0.245. The number of nitrogens with one attached hydrogen (secondary N) is 1. The normalized spacial score (nSPS) is 15.6. The fourth-order valence-electron chi connectivity index (χ4n) is 2.02. The van der Waals surface area contributed by atoms with E-state index in [9.17, 15) is 4.79 Å². The van der Waals surface area contributed by atoms with E-state index in [0.29, 0.717) is 11.9 Å². The number of nitrogens with zero attached hydrogens (tertiary/aromatic N) is 3. The maximum Gasteiger partial charge on any atom is 0.293 e. The summed E-state index contributed by atoms with van der Waals surface area (Å²) in [5.74, 6) is 0.523. The number of rotatable bonds is 5. The first kappa shape index (κ1) is 14.1. The first-order chi connectivity index (χ1) is 8.89. The molecule has 0 unspecified atom stereocenters. The van der Waals surface area contributed by atoms with Crippen LogP contribution in [-0.4, -0.2) is 35.7 Å². The van der Waals surface area contributed by atoms with E-state index in [1.807, 2.05) is 32.7 Å². The predicted octanol–water partition coefficient (Wildman–Crippen LogP) is 1.19. The van der Waals surface area contributed by atoms with Crippen LogP contribution >= 0.6 is 0 Å². The molecule has 1 fully saturated rings. The summed E-state index contributed by atoms with van der Waals surface area (Å²) in [4.78, 5) is 18.6. The number of likely N-dealkylation sites (N-methyl/N-ethyl adjacent to an activating group) is 1. The average molecular weight is 264 g/mol. The summed E-state index contributed by atoms with van der Waals surface area (Å²) >= 11 is 0. The Bertz CT molecular complexity index is 485. The summed E-state index contributed by atoms with van der Waals surface area (Å²) in [6, 6.07) is 0.698. The Labute approximate surface area is 114 Å². The third kappa shape index (κ3) is 3.56. The van der Waals surface area contributed by atoms with Gasteiger partial charge in [-0.3, -0.25) is 4.79 Å². The minimum Gasteiger partial charge on any atom is -0.354 e. The Kier molecular flexibility index (Phi) is 3.94. The van der Waals surface area contributed by atoms with Gasteiger partial charge in [0.2, 0.25) is 0 Å². The third-order valence-electron chi connectivity index (χ3n) is 3.36. The molecule has 0 aromatic carbocycles. The maximum absolute atomic E-state index is 12.4. The zero-order chi connectivity index (χ0) is 14.0. The second-order valence-corrected chi connectivity index (χ2v) is 6.25. The van der Waals surface area contributed by atoms with Crippen LogP contribution in [0.1, 0.15) is 33.6 Å². The Morgan fingerprint density at radius 1 is 1.47 bits per heavy atom. The highest BCUT2D eigenvalue weighted by atomic mass is 16.1. The van der Waals surface area contributed by atoms with E-state index in [0.717, 1.165) is 13.1 Å². The number of hydrogen-bond acceptors (Lipinski definition) is 4. The van der Waals surface area contributed by atoms with Gasteiger partial charge >= 0.3 is 0 Å². The van der Waals surface area contributed by atoms with Crippen LogP contribution in [0.25, 0.3) is 0 Å². The van der Waals surface area contributed by atoms with Gasteiger partial charge in [0.05, 0.1) is 0 Å². The first-order valence-corrected chi connectivity index (χ1v) is 6.92. The molecule has 0 spiro atoms. The van der Waals surface area contributed by atoms with Gasteiger partial charge in [-0.15, -0.1) is 0 Å². The molecule has 106 valence electrons. The molecule has 5 heteroatoms. The van der Waals surface area contributed by atoms with E-state index in [1.165, 1.54) is 12.8 Å². The number of aromatic nitrogens is 2. The molecule has 1 aliphatic rings. The van der Waals surface area contributed by atoms with E-state index in [-0.39, 0.29) is 11.1 Å². The SMILES string of the molecule is CN(CCNC1CC1)c1nccn(C(C)(C)C)c1=O. The largest absolute Gasteiger partial charge is 0.354 e. The van der Waals surface area contributed by atoms with E-state index >= 15 is 0 Å². The smallest absolute Gasteiger partial charge is 0.293 e. The summed E-state index contributed by atoms with van der Waals surface area (Å²) in [5, 5.41) is 3.44. The summed E-state index contributed by atoms with van der Waals surface area (Å²) in [6.45, 7) is 7.76. The zero-order valence-corrected chi connectivity index (χ0v) is 12.3. The molecular formula is C14H24N4O. The molecule has 0 saturated heterocycles. The quantitative estimate of drug-likeness (QED) is 0.868. The van der Waals surface area contributed by atoms with Crippen molar-refractivity contribution in [3.05, 3.63) is 22.7 Å². The van der Waals surface area contributed by atoms with Gasteiger partial charge in [0, 0.05) is 44.1 Å². The van der Waals surface area contributed by atoms with Crippen LogP contribution in [0.5, 0.6) is 0 Å². The number of hydrogen-bond donors (Lipinski definition) is 1. The lowest BCUT2D eigenvalue weighted by Gasteiger charge is -2.24. The molecule has 0 amide bonds. The van der Waals surface area contributed by atoms with Crippen LogP contribution in [0, 0.1) is 0 Å². The molecule has 0 bridgehead atoms. The van der Waals surface area contributed by atoms with Crippen molar-refractivity contribution in [2.45, 2.75) is 45.2 Å². The lowest BCUT2D eigenvalue weighted by atomic mass is 10.1. The summed E-state index contributed by atoms with van der Waals surface area (Å²) < 4.78 is 1.74. The van der Waals surface area contributed by atoms with Crippen molar-refractivity contribution in [3.8, 4) is 0 Å². The lowest BCUT2D eigenvalue weighted by molar-refractivity contribution is 0.382. The van der Waals surface area contributed by atoms with Gasteiger partial charge in [0.25, 0.3) is 5.56 Å². The maximum atomic E-state index is 12.4. The molecular weight excluding hydrogens is 240 g/mol. The van der Waals surface area contributed by atoms with E-state index in [1.54, 1.807) is 17.0 Å². The van der Waals surface area contributed by atoms with Crippen molar-refractivity contribution in [2.24, 2.45) is 0 Å². The molecule has 0 radical (unpaired) electrons. The summed E-state index contributed by atoms with van der Waals surface area (Å²) in [7, 11) is 1.92. The van der Waals surface area contributed by atoms with Crippen LogP contribution in [0.15, 0.2) is 17.2 Å². The van der Waals surface area contributed by atoms with E-state index in [2.05, 4.69) is 10.3 Å². The Hall–Kier alpha value is -1.36. The second kappa shape index (κ2) is 5.33. The van der Waals surface area contributed by atoms with Crippen molar-refractivity contribution < 1.29 is 0 Å². The van der Waals surface area contributed by atoms with E-state index < -0.39 is 0 Å². The summed E-state index contributed by atoms with van der Waals surface area (Å²) in [6.07, 6.45) is 6.02. The van der Waals surface area contributed by atoms with Crippen LogP contribution in [-0.2, 0) is 5.54 Å². The molecule has 1 aromatic heterocycles. The van der Waals surface area contributed by atoms with Crippen molar-refractivity contribution in [2.75, 3.05) is 25.0 Å². The highest BCUT2D eigenvalue weighted by Crippen LogP contribution is 2.18. The standard InChI is InChI=1S/C14H24N4O/c1-14(2,3)18-10-8-16-12(13(18)19)17(4)9-7-15-11-5-6-11/h8,10-11,15H,5-7,9H2,1-4H3. The highest BCUT2D eigenvalue weighted by Gasteiger charge is 2.21. The van der Waals surface area contributed by atoms with Gasteiger partial charge in [0.15, 0.2) is 5.82 Å². The van der Waals surface area contributed by atoms with Gasteiger partial charge in [-0.05, 0) is 33.6 Å². The first-order valence-electron chi connectivity index (χ1n) is 6.92. The second-order valence-electron chi connectivity index (χ2n) is 6.25.